The number of alkyl halides is 2. The number of hydrogen-bond acceptors (Lipinski definition) is 6. The first kappa shape index (κ1) is 25.3. The van der Waals surface area contributed by atoms with Gasteiger partial charge in [-0.1, -0.05) is 35.9 Å². The van der Waals surface area contributed by atoms with Gasteiger partial charge in [0.1, 0.15) is 11.0 Å². The number of carbonyl (C=O) groups is 1. The number of nitrogens with zero attached hydrogens (tertiary/aromatic N) is 6. The second kappa shape index (κ2) is 9.49. The Labute approximate surface area is 237 Å². The fraction of sp³-hybridized carbons (Fsp3) is 0.276. The van der Waals surface area contributed by atoms with Gasteiger partial charge in [0.25, 0.3) is 11.8 Å². The van der Waals surface area contributed by atoms with Crippen LogP contribution in [0.5, 0.6) is 0 Å². The molecule has 0 atom stereocenters. The van der Waals surface area contributed by atoms with E-state index < -0.39 is 5.92 Å². The highest BCUT2D eigenvalue weighted by Crippen LogP contribution is 2.48. The van der Waals surface area contributed by atoms with Crippen molar-refractivity contribution in [3.05, 3.63) is 82.7 Å². The predicted molar refractivity (Wildman–Crippen MR) is 151 cm³/mol. The molecule has 0 bridgehead atoms. The lowest BCUT2D eigenvalue weighted by Crippen LogP contribution is -2.32. The highest BCUT2D eigenvalue weighted by molar-refractivity contribution is 7.99. The van der Waals surface area contributed by atoms with E-state index in [9.17, 15) is 13.6 Å². The summed E-state index contributed by atoms with van der Waals surface area (Å²) in [5, 5.41) is 6.28. The summed E-state index contributed by atoms with van der Waals surface area (Å²) in [4.78, 5) is 29.4. The second-order valence-corrected chi connectivity index (χ2v) is 11.7. The Hall–Kier alpha value is -3.63. The fourth-order valence-electron chi connectivity index (χ4n) is 5.24. The molecule has 0 N–H and O–H groups in total. The van der Waals surface area contributed by atoms with Crippen molar-refractivity contribution in [3.63, 3.8) is 0 Å². The van der Waals surface area contributed by atoms with Crippen molar-refractivity contribution in [2.45, 2.75) is 42.5 Å². The van der Waals surface area contributed by atoms with E-state index >= 15 is 0 Å². The highest BCUT2D eigenvalue weighted by Gasteiger charge is 2.39. The summed E-state index contributed by atoms with van der Waals surface area (Å²) in [5.41, 5.74) is 2.97. The van der Waals surface area contributed by atoms with Crippen LogP contribution in [0.1, 0.15) is 52.5 Å². The molecule has 1 fully saturated rings. The lowest BCUT2D eigenvalue weighted by atomic mass is 10.0. The molecular formula is C29H23ClF2N6OS. The average molecular weight is 577 g/mol. The number of aryl methyl sites for hydroxylation is 1. The molecule has 7 rings (SSSR count). The molecule has 2 aromatic carbocycles. The molecular weight excluding hydrogens is 554 g/mol. The van der Waals surface area contributed by atoms with E-state index in [4.69, 9.17) is 11.6 Å². The Kier molecular flexibility index (Phi) is 6.01. The highest BCUT2D eigenvalue weighted by atomic mass is 35.5. The molecule has 0 radical (unpaired) electrons. The summed E-state index contributed by atoms with van der Waals surface area (Å²) in [6.07, 6.45) is 6.61. The molecule has 1 amide bonds. The topological polar surface area (TPSA) is 76.8 Å². The molecule has 11 heteroatoms. The molecule has 1 aliphatic carbocycles. The fourth-order valence-corrected chi connectivity index (χ4v) is 6.73. The van der Waals surface area contributed by atoms with Gasteiger partial charge in [0.2, 0.25) is 0 Å². The van der Waals surface area contributed by atoms with E-state index in [1.54, 1.807) is 23.0 Å². The van der Waals surface area contributed by atoms with E-state index in [1.165, 1.54) is 35.1 Å². The summed E-state index contributed by atoms with van der Waals surface area (Å²) in [7, 11) is 1.84. The van der Waals surface area contributed by atoms with E-state index in [-0.39, 0.29) is 30.2 Å². The van der Waals surface area contributed by atoms with Crippen molar-refractivity contribution in [2.75, 3.05) is 10.7 Å². The van der Waals surface area contributed by atoms with Crippen molar-refractivity contribution in [1.29, 1.82) is 0 Å². The SMILES string of the molecule is Cn1ncc2c(Cl)nc3cc(CN(C(=O)c4cnc(C5CC5)nc4)c4cccc5c4SCCC5(F)F)ccc3c21. The van der Waals surface area contributed by atoms with Crippen molar-refractivity contribution >= 4 is 56.8 Å². The minimum absolute atomic E-state index is 0.0510. The number of benzene rings is 2. The van der Waals surface area contributed by atoms with Crippen molar-refractivity contribution < 1.29 is 13.6 Å². The molecule has 4 heterocycles. The molecule has 1 aliphatic heterocycles. The number of fused-ring (bicyclic) bond motifs is 4. The molecule has 0 saturated heterocycles. The number of aromatic nitrogens is 5. The second-order valence-electron chi connectivity index (χ2n) is 10.2. The third-order valence-electron chi connectivity index (χ3n) is 7.49. The maximum Gasteiger partial charge on any atom is 0.275 e. The number of rotatable bonds is 5. The zero-order chi connectivity index (χ0) is 27.6. The Morgan fingerprint density at radius 2 is 1.95 bits per heavy atom. The van der Waals surface area contributed by atoms with Crippen LogP contribution in [-0.4, -0.2) is 36.4 Å². The zero-order valence-electron chi connectivity index (χ0n) is 21.4. The number of halogens is 3. The lowest BCUT2D eigenvalue weighted by molar-refractivity contribution is -0.0115. The van der Waals surface area contributed by atoms with E-state index in [2.05, 4.69) is 20.1 Å². The zero-order valence-corrected chi connectivity index (χ0v) is 23.0. The van der Waals surface area contributed by atoms with Gasteiger partial charge in [0.05, 0.1) is 40.4 Å². The number of amides is 1. The molecule has 2 aliphatic rings. The number of hydrogen-bond donors (Lipinski definition) is 0. The van der Waals surface area contributed by atoms with Crippen molar-refractivity contribution in [3.8, 4) is 0 Å². The van der Waals surface area contributed by atoms with Crippen LogP contribution in [0.4, 0.5) is 14.5 Å². The number of carbonyl (C=O) groups excluding carboxylic acids is 1. The smallest absolute Gasteiger partial charge is 0.275 e. The van der Waals surface area contributed by atoms with Crippen LogP contribution in [0.15, 0.2) is 59.9 Å². The third kappa shape index (κ3) is 4.30. The summed E-state index contributed by atoms with van der Waals surface area (Å²) >= 11 is 7.81. The van der Waals surface area contributed by atoms with Gasteiger partial charge < -0.3 is 4.90 Å². The molecule has 1 saturated carbocycles. The number of thioether (sulfide) groups is 1. The largest absolute Gasteiger partial charge is 0.303 e. The lowest BCUT2D eigenvalue weighted by Gasteiger charge is -2.31. The first-order chi connectivity index (χ1) is 19.3. The third-order valence-corrected chi connectivity index (χ3v) is 8.90. The number of pyridine rings is 1. The van der Waals surface area contributed by atoms with Crippen LogP contribution in [0.2, 0.25) is 5.15 Å². The maximum absolute atomic E-state index is 14.9. The predicted octanol–water partition coefficient (Wildman–Crippen LogP) is 6.88. The average Bonchev–Trinajstić information content (AvgIpc) is 3.73. The van der Waals surface area contributed by atoms with Crippen LogP contribution < -0.4 is 4.90 Å². The minimum Gasteiger partial charge on any atom is -0.303 e. The van der Waals surface area contributed by atoms with Crippen molar-refractivity contribution in [2.24, 2.45) is 7.05 Å². The van der Waals surface area contributed by atoms with Gasteiger partial charge in [0.15, 0.2) is 0 Å². The first-order valence-corrected chi connectivity index (χ1v) is 14.3. The Morgan fingerprint density at radius 1 is 1.15 bits per heavy atom. The van der Waals surface area contributed by atoms with Crippen LogP contribution in [0.3, 0.4) is 0 Å². The Balaban J connectivity index is 1.33. The molecule has 0 spiro atoms. The standard InChI is InChI=1S/C29H23ClF2N6OS/c1-37-24-19-8-5-16(11-22(19)36-26(30)20(24)14-35-37)15-38(28(39)18-12-33-27(34-13-18)17-6-7-17)23-4-2-3-21-25(23)40-10-9-29(21,31)32/h2-5,8,11-14,17H,6-7,9-10,15H2,1H3. The van der Waals surface area contributed by atoms with Gasteiger partial charge in [0, 0.05) is 53.4 Å². The van der Waals surface area contributed by atoms with Crippen LogP contribution in [0, 0.1) is 0 Å². The molecule has 7 nitrogen and oxygen atoms in total. The van der Waals surface area contributed by atoms with Crippen LogP contribution >= 0.6 is 23.4 Å². The molecule has 40 heavy (non-hydrogen) atoms. The molecule has 5 aromatic rings. The van der Waals surface area contributed by atoms with Gasteiger partial charge in [-0.15, -0.1) is 11.8 Å². The van der Waals surface area contributed by atoms with Gasteiger partial charge in [-0.25, -0.2) is 23.7 Å². The first-order valence-electron chi connectivity index (χ1n) is 13.0. The Morgan fingerprint density at radius 3 is 2.73 bits per heavy atom. The van der Waals surface area contributed by atoms with Gasteiger partial charge in [-0.3, -0.25) is 9.48 Å². The summed E-state index contributed by atoms with van der Waals surface area (Å²) in [6.45, 7) is 0.129. The van der Waals surface area contributed by atoms with E-state index in [1.807, 2.05) is 25.2 Å². The summed E-state index contributed by atoms with van der Waals surface area (Å²) < 4.78 is 31.5. The minimum atomic E-state index is -2.96. The molecule has 0 unspecified atom stereocenters. The van der Waals surface area contributed by atoms with E-state index in [0.29, 0.717) is 32.7 Å². The van der Waals surface area contributed by atoms with Gasteiger partial charge >= 0.3 is 0 Å². The van der Waals surface area contributed by atoms with Gasteiger partial charge in [-0.2, -0.15) is 5.10 Å². The quantitative estimate of drug-likeness (QED) is 0.212. The normalized spacial score (nSPS) is 16.3. The Bertz CT molecular complexity index is 1800. The summed E-state index contributed by atoms with van der Waals surface area (Å²) in [6, 6.07) is 10.5. The summed E-state index contributed by atoms with van der Waals surface area (Å²) in [5.74, 6) is -1.98. The van der Waals surface area contributed by atoms with E-state index in [0.717, 1.165) is 40.5 Å². The maximum atomic E-state index is 14.9. The van der Waals surface area contributed by atoms with Crippen LogP contribution in [-0.2, 0) is 19.5 Å². The van der Waals surface area contributed by atoms with Crippen molar-refractivity contribution in [1.82, 2.24) is 24.7 Å². The molecule has 202 valence electrons. The monoisotopic (exact) mass is 576 g/mol. The van der Waals surface area contributed by atoms with Gasteiger partial charge in [-0.05, 0) is 30.5 Å². The number of anilines is 1. The molecule has 3 aromatic heterocycles. The van der Waals surface area contributed by atoms with Crippen LogP contribution in [0.25, 0.3) is 21.8 Å².